The van der Waals surface area contributed by atoms with E-state index in [0.717, 1.165) is 22.3 Å². The van der Waals surface area contributed by atoms with E-state index in [9.17, 15) is 4.21 Å². The monoisotopic (exact) mass is 268 g/mol. The number of hydrogen-bond acceptors (Lipinski definition) is 4. The number of thiazole rings is 1. The van der Waals surface area contributed by atoms with E-state index < -0.39 is 10.8 Å². The lowest BCUT2D eigenvalue weighted by atomic mass is 10.2. The molecule has 0 aliphatic carbocycles. The molecule has 2 atom stereocenters. The zero-order chi connectivity index (χ0) is 12.4. The molecule has 0 aliphatic rings. The number of nitrogens with zero attached hydrogens (tertiary/aromatic N) is 1. The maximum Gasteiger partial charge on any atom is 0.181 e. The number of hydrogen-bond donors (Lipinski definition) is 1. The predicted molar refractivity (Wildman–Crippen MR) is 74.8 cm³/mol. The molecule has 0 fully saturated rings. The lowest BCUT2D eigenvalue weighted by Gasteiger charge is -2.04. The number of nitrogen functional groups attached to an aromatic ring is 1. The van der Waals surface area contributed by atoms with E-state index in [0.29, 0.717) is 16.0 Å². The molecule has 92 valence electrons. The second kappa shape index (κ2) is 5.14. The van der Waals surface area contributed by atoms with Gasteiger partial charge in [0, 0.05) is 11.4 Å². The minimum absolute atomic E-state index is 0.466. The summed E-state index contributed by atoms with van der Waals surface area (Å²) in [6.07, 6.45) is 1.05. The summed E-state index contributed by atoms with van der Waals surface area (Å²) in [5.74, 6) is 1.15. The van der Waals surface area contributed by atoms with Gasteiger partial charge in [0.05, 0.1) is 21.0 Å². The SMILES string of the molecule is CCC(C)CS(=O)c1nc2ccc(N)cc2s1. The summed E-state index contributed by atoms with van der Waals surface area (Å²) in [6, 6.07) is 5.59. The first-order chi connectivity index (χ1) is 8.10. The van der Waals surface area contributed by atoms with Gasteiger partial charge in [-0.15, -0.1) is 11.3 Å². The molecule has 2 rings (SSSR count). The smallest absolute Gasteiger partial charge is 0.181 e. The predicted octanol–water partition coefficient (Wildman–Crippen LogP) is 3.03. The lowest BCUT2D eigenvalue weighted by molar-refractivity contribution is 0.615. The van der Waals surface area contributed by atoms with Crippen LogP contribution in [-0.2, 0) is 10.8 Å². The van der Waals surface area contributed by atoms with Crippen LogP contribution in [0.5, 0.6) is 0 Å². The van der Waals surface area contributed by atoms with Crippen LogP contribution in [0.2, 0.25) is 0 Å². The Labute approximate surface area is 108 Å². The number of anilines is 1. The van der Waals surface area contributed by atoms with Crippen LogP contribution in [0.25, 0.3) is 10.2 Å². The largest absolute Gasteiger partial charge is 0.399 e. The van der Waals surface area contributed by atoms with Crippen molar-refractivity contribution in [2.45, 2.75) is 24.6 Å². The Kier molecular flexibility index (Phi) is 3.79. The topological polar surface area (TPSA) is 56.0 Å². The van der Waals surface area contributed by atoms with Crippen LogP contribution in [0.3, 0.4) is 0 Å². The fourth-order valence-electron chi connectivity index (χ4n) is 1.47. The van der Waals surface area contributed by atoms with Crippen molar-refractivity contribution in [3.63, 3.8) is 0 Å². The first-order valence-corrected chi connectivity index (χ1v) is 7.78. The van der Waals surface area contributed by atoms with Crippen LogP contribution in [0.15, 0.2) is 22.5 Å². The van der Waals surface area contributed by atoms with E-state index in [1.54, 1.807) is 0 Å². The van der Waals surface area contributed by atoms with E-state index in [-0.39, 0.29) is 0 Å². The quantitative estimate of drug-likeness (QED) is 0.867. The molecule has 0 saturated carbocycles. The first-order valence-electron chi connectivity index (χ1n) is 5.64. The van der Waals surface area contributed by atoms with Gasteiger partial charge in [-0.1, -0.05) is 20.3 Å². The van der Waals surface area contributed by atoms with Crippen LogP contribution in [-0.4, -0.2) is 14.9 Å². The third-order valence-electron chi connectivity index (χ3n) is 2.72. The molecule has 0 amide bonds. The zero-order valence-electron chi connectivity index (χ0n) is 9.97. The highest BCUT2D eigenvalue weighted by Crippen LogP contribution is 2.26. The van der Waals surface area contributed by atoms with Crippen molar-refractivity contribution in [2.75, 3.05) is 11.5 Å². The van der Waals surface area contributed by atoms with Gasteiger partial charge in [-0.3, -0.25) is 4.21 Å². The van der Waals surface area contributed by atoms with Crippen molar-refractivity contribution in [1.29, 1.82) is 0 Å². The van der Waals surface area contributed by atoms with E-state index >= 15 is 0 Å². The van der Waals surface area contributed by atoms with E-state index in [4.69, 9.17) is 5.73 Å². The maximum atomic E-state index is 12.1. The van der Waals surface area contributed by atoms with Gasteiger partial charge < -0.3 is 5.73 Å². The molecule has 2 aromatic rings. The maximum absolute atomic E-state index is 12.1. The van der Waals surface area contributed by atoms with Crippen molar-refractivity contribution in [1.82, 2.24) is 4.98 Å². The molecular weight excluding hydrogens is 252 g/mol. The summed E-state index contributed by atoms with van der Waals surface area (Å²) < 4.78 is 13.8. The summed E-state index contributed by atoms with van der Waals surface area (Å²) in [6.45, 7) is 4.23. The number of fused-ring (bicyclic) bond motifs is 1. The van der Waals surface area contributed by atoms with Gasteiger partial charge in [-0.2, -0.15) is 0 Å². The third kappa shape index (κ3) is 2.84. The zero-order valence-corrected chi connectivity index (χ0v) is 11.6. The van der Waals surface area contributed by atoms with Crippen LogP contribution in [0.1, 0.15) is 20.3 Å². The minimum Gasteiger partial charge on any atom is -0.399 e. The summed E-state index contributed by atoms with van der Waals surface area (Å²) in [7, 11) is -0.986. The molecule has 2 unspecified atom stereocenters. The van der Waals surface area contributed by atoms with Gasteiger partial charge in [-0.25, -0.2) is 4.98 Å². The number of benzene rings is 1. The molecule has 0 spiro atoms. The average molecular weight is 268 g/mol. The van der Waals surface area contributed by atoms with Crippen LogP contribution in [0, 0.1) is 5.92 Å². The Bertz CT molecular complexity index is 550. The summed E-state index contributed by atoms with van der Waals surface area (Å²) in [4.78, 5) is 4.40. The average Bonchev–Trinajstić information content (AvgIpc) is 2.71. The highest BCUT2D eigenvalue weighted by atomic mass is 32.2. The molecule has 0 bridgehead atoms. The second-order valence-electron chi connectivity index (χ2n) is 4.23. The molecular formula is C12H16N2OS2. The van der Waals surface area contributed by atoms with Crippen LogP contribution in [0.4, 0.5) is 5.69 Å². The normalized spacial score (nSPS) is 14.9. The van der Waals surface area contributed by atoms with Crippen molar-refractivity contribution in [3.8, 4) is 0 Å². The molecule has 2 N–H and O–H groups in total. The van der Waals surface area contributed by atoms with Gasteiger partial charge in [-0.05, 0) is 24.1 Å². The molecule has 0 aliphatic heterocycles. The van der Waals surface area contributed by atoms with Crippen molar-refractivity contribution >= 4 is 38.0 Å². The fourth-order valence-corrected chi connectivity index (χ4v) is 4.15. The Morgan fingerprint density at radius 1 is 1.53 bits per heavy atom. The Balaban J connectivity index is 2.27. The Morgan fingerprint density at radius 2 is 2.29 bits per heavy atom. The molecule has 0 saturated heterocycles. The molecule has 17 heavy (non-hydrogen) atoms. The van der Waals surface area contributed by atoms with Gasteiger partial charge in [0.1, 0.15) is 0 Å². The van der Waals surface area contributed by atoms with Crippen LogP contribution >= 0.6 is 11.3 Å². The first kappa shape index (κ1) is 12.5. The van der Waals surface area contributed by atoms with Crippen molar-refractivity contribution < 1.29 is 4.21 Å². The molecule has 1 aromatic carbocycles. The van der Waals surface area contributed by atoms with E-state index in [1.807, 2.05) is 18.2 Å². The minimum atomic E-state index is -0.986. The molecule has 0 radical (unpaired) electrons. The van der Waals surface area contributed by atoms with Crippen molar-refractivity contribution in [2.24, 2.45) is 5.92 Å². The van der Waals surface area contributed by atoms with Gasteiger partial charge in [0.2, 0.25) is 0 Å². The second-order valence-corrected chi connectivity index (χ2v) is 6.93. The summed E-state index contributed by atoms with van der Waals surface area (Å²) in [5, 5.41) is 0. The number of aromatic nitrogens is 1. The summed E-state index contributed by atoms with van der Waals surface area (Å²) >= 11 is 1.48. The number of rotatable bonds is 4. The van der Waals surface area contributed by atoms with Crippen molar-refractivity contribution in [3.05, 3.63) is 18.2 Å². The van der Waals surface area contributed by atoms with Gasteiger partial charge in [0.25, 0.3) is 0 Å². The molecule has 1 heterocycles. The van der Waals surface area contributed by atoms with Gasteiger partial charge >= 0.3 is 0 Å². The lowest BCUT2D eigenvalue weighted by Crippen LogP contribution is -2.06. The third-order valence-corrected chi connectivity index (χ3v) is 5.69. The molecule has 3 nitrogen and oxygen atoms in total. The standard InChI is InChI=1S/C12H16N2OS2/c1-3-8(2)7-17(15)12-14-10-5-4-9(13)6-11(10)16-12/h4-6,8H,3,7,13H2,1-2H3. The fraction of sp³-hybridized carbons (Fsp3) is 0.417. The van der Waals surface area contributed by atoms with Crippen LogP contribution < -0.4 is 5.73 Å². The highest BCUT2D eigenvalue weighted by molar-refractivity contribution is 7.87. The van der Waals surface area contributed by atoms with E-state index in [2.05, 4.69) is 18.8 Å². The van der Waals surface area contributed by atoms with Gasteiger partial charge in [0.15, 0.2) is 4.34 Å². The summed E-state index contributed by atoms with van der Waals surface area (Å²) in [5.41, 5.74) is 7.32. The Morgan fingerprint density at radius 3 is 3.00 bits per heavy atom. The molecule has 1 aromatic heterocycles. The number of nitrogens with two attached hydrogens (primary N) is 1. The highest BCUT2D eigenvalue weighted by Gasteiger charge is 2.13. The van der Waals surface area contributed by atoms with E-state index in [1.165, 1.54) is 11.3 Å². The Hall–Kier alpha value is -0.940. The molecule has 5 heteroatoms.